The molecule has 0 bridgehead atoms. The number of fused-ring (bicyclic) bond motifs is 2. The van der Waals surface area contributed by atoms with Gasteiger partial charge in [0.1, 0.15) is 0 Å². The summed E-state index contributed by atoms with van der Waals surface area (Å²) in [7, 11) is 1.61. The Morgan fingerprint density at radius 2 is 1.35 bits per heavy atom. The minimum absolute atomic E-state index is 0.148. The second kappa shape index (κ2) is 15.5. The summed E-state index contributed by atoms with van der Waals surface area (Å²) < 4.78 is 73.5. The molecule has 5 saturated heterocycles. The van der Waals surface area contributed by atoms with E-state index in [1.807, 2.05) is 107 Å². The molecule has 0 aromatic heterocycles. The van der Waals surface area contributed by atoms with E-state index in [4.69, 9.17) is 52.1 Å². The molecule has 0 aliphatic carbocycles. The van der Waals surface area contributed by atoms with Crippen LogP contribution in [0.2, 0.25) is 4.82 Å². The zero-order valence-corrected chi connectivity index (χ0v) is 31.8. The molecule has 5 fully saturated rings. The van der Waals surface area contributed by atoms with E-state index >= 15 is 0 Å². The van der Waals surface area contributed by atoms with Crippen molar-refractivity contribution in [1.29, 1.82) is 0 Å². The first-order valence-corrected chi connectivity index (χ1v) is 19.9. The van der Waals surface area contributed by atoms with Crippen LogP contribution in [-0.4, -0.2) is 108 Å². The van der Waals surface area contributed by atoms with Crippen molar-refractivity contribution in [3.8, 4) is 0 Å². The van der Waals surface area contributed by atoms with Gasteiger partial charge in [-0.2, -0.15) is 0 Å². The fraction of sp³-hybridized carbons (Fsp3) is 0.550. The molecule has 0 radical (unpaired) electrons. The zero-order chi connectivity index (χ0) is 35.9. The molecule has 3 aromatic carbocycles. The van der Waals surface area contributed by atoms with Crippen molar-refractivity contribution in [2.75, 3.05) is 20.3 Å². The quantitative estimate of drug-likeness (QED) is 0.269. The number of benzene rings is 3. The second-order valence-corrected chi connectivity index (χ2v) is 17.2. The maximum atomic E-state index is 7.20. The van der Waals surface area contributed by atoms with E-state index in [1.165, 1.54) is 4.46 Å². The van der Waals surface area contributed by atoms with Crippen LogP contribution in [0.15, 0.2) is 91.0 Å². The van der Waals surface area contributed by atoms with E-state index in [0.717, 1.165) is 11.1 Å². The third-order valence-electron chi connectivity index (χ3n) is 9.95. The average Bonchev–Trinajstić information content (AvgIpc) is 3.69. The van der Waals surface area contributed by atoms with Gasteiger partial charge in [-0.25, -0.2) is 0 Å². The summed E-state index contributed by atoms with van der Waals surface area (Å²) in [5, 5.41) is 0. The predicted octanol–water partition coefficient (Wildman–Crippen LogP) is 4.66. The number of hydrogen-bond acceptors (Lipinski definition) is 11. The van der Waals surface area contributed by atoms with Crippen LogP contribution in [-0.2, 0) is 58.7 Å². The summed E-state index contributed by atoms with van der Waals surface area (Å²) in [6.45, 7) is 8.66. The molecule has 11 nitrogen and oxygen atoms in total. The fourth-order valence-corrected chi connectivity index (χ4v) is 10.2. The first-order valence-electron chi connectivity index (χ1n) is 18.0. The third-order valence-corrected chi connectivity index (χ3v) is 12.7. The van der Waals surface area contributed by atoms with Gasteiger partial charge in [0.25, 0.3) is 0 Å². The molecule has 5 aliphatic rings. The van der Waals surface area contributed by atoms with E-state index in [0.29, 0.717) is 19.8 Å². The summed E-state index contributed by atoms with van der Waals surface area (Å²) in [5.74, 6) is -1.61. The molecule has 12 heteroatoms. The van der Waals surface area contributed by atoms with E-state index in [-0.39, 0.29) is 25.9 Å². The average molecular weight is 784 g/mol. The molecule has 0 unspecified atom stereocenters. The summed E-state index contributed by atoms with van der Waals surface area (Å²) in [5.41, 5.74) is 1.93. The van der Waals surface area contributed by atoms with Crippen LogP contribution in [0.5, 0.6) is 0 Å². The van der Waals surface area contributed by atoms with E-state index in [2.05, 4.69) is 12.1 Å². The molecule has 52 heavy (non-hydrogen) atoms. The van der Waals surface area contributed by atoms with Crippen molar-refractivity contribution in [1.82, 2.24) is 0 Å². The standard InChI is InChI=1S/C40H48O11Se/c1-39(2)44-23-28(49-39)30-32-33(51-40(3,4)50-32)35(52-26-19-13-8-14-20-26)38(47-30)48-34-31(42-21-24-15-9-6-10-16-24)29-27(45-37(34)41-5)22-43-36(46-29)25-17-11-7-12-18-25/h6-20,27-38H,21-23H2,1-5H3/t27-,28+,29-,30-,31+,32+,33+,34-,35+,36-,37+,38-/m1/s1. The van der Waals surface area contributed by atoms with Gasteiger partial charge < -0.3 is 0 Å². The first kappa shape index (κ1) is 36.7. The Bertz CT molecular complexity index is 1600. The van der Waals surface area contributed by atoms with Crippen LogP contribution < -0.4 is 4.46 Å². The molecule has 0 saturated carbocycles. The Balaban J connectivity index is 1.14. The molecule has 0 amide bonds. The van der Waals surface area contributed by atoms with Crippen LogP contribution in [0.1, 0.15) is 45.1 Å². The van der Waals surface area contributed by atoms with Gasteiger partial charge in [0, 0.05) is 0 Å². The summed E-state index contributed by atoms with van der Waals surface area (Å²) in [6.07, 6.45) is -6.27. The Hall–Kier alpha value is -2.26. The molecule has 5 aliphatic heterocycles. The van der Waals surface area contributed by atoms with Gasteiger partial charge in [-0.05, 0) is 0 Å². The van der Waals surface area contributed by atoms with E-state index in [1.54, 1.807) is 7.11 Å². The minimum atomic E-state index is -0.841. The second-order valence-electron chi connectivity index (χ2n) is 14.6. The Morgan fingerprint density at radius 1 is 0.654 bits per heavy atom. The molecule has 0 spiro atoms. The van der Waals surface area contributed by atoms with Crippen LogP contribution in [0.4, 0.5) is 0 Å². The van der Waals surface area contributed by atoms with Crippen molar-refractivity contribution in [3.63, 3.8) is 0 Å². The van der Waals surface area contributed by atoms with Gasteiger partial charge in [-0.1, -0.05) is 0 Å². The zero-order valence-electron chi connectivity index (χ0n) is 30.1. The van der Waals surface area contributed by atoms with Crippen LogP contribution in [0, 0.1) is 0 Å². The number of hydrogen-bond donors (Lipinski definition) is 0. The summed E-state index contributed by atoms with van der Waals surface area (Å²) in [6, 6.07) is 30.3. The predicted molar refractivity (Wildman–Crippen MR) is 189 cm³/mol. The van der Waals surface area contributed by atoms with Gasteiger partial charge in [0.2, 0.25) is 0 Å². The number of methoxy groups -OCH3 is 1. The van der Waals surface area contributed by atoms with Crippen molar-refractivity contribution in [2.45, 2.75) is 118 Å². The fourth-order valence-electron chi connectivity index (χ4n) is 7.63. The molecule has 3 aromatic rings. The SMILES string of the molecule is CO[C@H]1O[C@@H]2CO[C@@H](c3ccccc3)O[C@H]2[C@H](OCc2ccccc2)[C@H]1O[C@H]1O[C@H]([C@@H]2COC(C)(C)O2)[C@@H]2OC(C)(C)O[C@@H]2[C@@H]1[Se]c1ccccc1. The third kappa shape index (κ3) is 7.92. The molecule has 8 rings (SSSR count). The number of rotatable bonds is 10. The van der Waals surface area contributed by atoms with Gasteiger partial charge in [0.15, 0.2) is 0 Å². The van der Waals surface area contributed by atoms with Crippen molar-refractivity contribution < 1.29 is 52.1 Å². The molecular formula is C40H48O11Se. The van der Waals surface area contributed by atoms with Crippen LogP contribution in [0.25, 0.3) is 0 Å². The van der Waals surface area contributed by atoms with Gasteiger partial charge in [-0.3, -0.25) is 0 Å². The van der Waals surface area contributed by atoms with Crippen LogP contribution >= 0.6 is 0 Å². The Morgan fingerprint density at radius 3 is 2.04 bits per heavy atom. The van der Waals surface area contributed by atoms with Crippen molar-refractivity contribution >= 4 is 19.4 Å². The van der Waals surface area contributed by atoms with Gasteiger partial charge >= 0.3 is 312 Å². The van der Waals surface area contributed by atoms with Gasteiger partial charge in [0.05, 0.1) is 0 Å². The topological polar surface area (TPSA) is 102 Å². The summed E-state index contributed by atoms with van der Waals surface area (Å²) >= 11 is -0.148. The van der Waals surface area contributed by atoms with E-state index < -0.39 is 73.2 Å². The van der Waals surface area contributed by atoms with E-state index in [9.17, 15) is 0 Å². The molecular weight excluding hydrogens is 735 g/mol. The Kier molecular flexibility index (Phi) is 10.9. The van der Waals surface area contributed by atoms with Crippen LogP contribution in [0.3, 0.4) is 0 Å². The monoisotopic (exact) mass is 784 g/mol. The maximum absolute atomic E-state index is 7.20. The molecule has 12 atom stereocenters. The van der Waals surface area contributed by atoms with Crippen molar-refractivity contribution in [2.24, 2.45) is 0 Å². The summed E-state index contributed by atoms with van der Waals surface area (Å²) in [4.78, 5) is -0.217. The molecule has 0 N–H and O–H groups in total. The normalized spacial score (nSPS) is 38.0. The first-order chi connectivity index (χ1) is 25.2. The molecule has 5 heterocycles. The molecule has 280 valence electrons. The number of ether oxygens (including phenoxy) is 11. The van der Waals surface area contributed by atoms with Crippen molar-refractivity contribution in [3.05, 3.63) is 102 Å². The van der Waals surface area contributed by atoms with Gasteiger partial charge in [-0.15, -0.1) is 0 Å². The Labute approximate surface area is 311 Å².